The number of nitrogen functional groups attached to an aromatic ring is 1. The normalized spacial score (nSPS) is 11.0. The number of nitrogens with two attached hydrogens (primary N) is 1. The van der Waals surface area contributed by atoms with E-state index in [-0.39, 0.29) is 5.69 Å². The molecule has 2 heterocycles. The lowest BCUT2D eigenvalue weighted by Crippen LogP contribution is -2.30. The maximum atomic E-state index is 11.2. The van der Waals surface area contributed by atoms with Crippen LogP contribution in [0, 0.1) is 0 Å². The van der Waals surface area contributed by atoms with Crippen molar-refractivity contribution in [3.8, 4) is 0 Å². The Bertz CT molecular complexity index is 574. The molecule has 0 bridgehead atoms. The van der Waals surface area contributed by atoms with Crippen LogP contribution in [0.15, 0.2) is 18.6 Å². The van der Waals surface area contributed by atoms with Crippen LogP contribution in [0.5, 0.6) is 0 Å². The molecule has 108 valence electrons. The number of amides is 1. The van der Waals surface area contributed by atoms with Crippen LogP contribution in [0.25, 0.3) is 0 Å². The van der Waals surface area contributed by atoms with Crippen LogP contribution in [-0.2, 0) is 20.1 Å². The summed E-state index contributed by atoms with van der Waals surface area (Å²) in [7, 11) is 3.96. The summed E-state index contributed by atoms with van der Waals surface area (Å²) < 4.78 is 3.59. The van der Waals surface area contributed by atoms with Crippen molar-refractivity contribution in [1.29, 1.82) is 0 Å². The maximum Gasteiger partial charge on any atom is 0.287 e. The van der Waals surface area contributed by atoms with Gasteiger partial charge >= 0.3 is 0 Å². The Labute approximate surface area is 116 Å². The highest BCUT2D eigenvalue weighted by Crippen LogP contribution is 2.00. The molecule has 3 N–H and O–H groups in total. The number of carbonyl (C=O) groups is 1. The zero-order valence-corrected chi connectivity index (χ0v) is 11.5. The predicted molar refractivity (Wildman–Crippen MR) is 71.2 cm³/mol. The van der Waals surface area contributed by atoms with E-state index >= 15 is 0 Å². The predicted octanol–water partition coefficient (Wildman–Crippen LogP) is -1.25. The molecule has 0 atom stereocenters. The molecule has 2 aromatic heterocycles. The van der Waals surface area contributed by atoms with E-state index < -0.39 is 5.91 Å². The Balaban J connectivity index is 1.84. The number of likely N-dealkylation sites (N-methyl/N-ethyl adjacent to an activating group) is 1. The third-order valence-corrected chi connectivity index (χ3v) is 2.95. The van der Waals surface area contributed by atoms with Crippen LogP contribution in [0.1, 0.15) is 16.3 Å². The highest BCUT2D eigenvalue weighted by molar-refractivity contribution is 5.91. The van der Waals surface area contributed by atoms with Crippen molar-refractivity contribution in [2.24, 2.45) is 12.9 Å². The van der Waals surface area contributed by atoms with Crippen molar-refractivity contribution >= 4 is 5.91 Å². The number of aryl methyl sites for hydroxylation is 1. The second-order valence-electron chi connectivity index (χ2n) is 4.53. The highest BCUT2D eigenvalue weighted by atomic mass is 16.2. The van der Waals surface area contributed by atoms with E-state index in [2.05, 4.69) is 20.2 Å². The van der Waals surface area contributed by atoms with Crippen molar-refractivity contribution < 1.29 is 4.79 Å². The zero-order valence-electron chi connectivity index (χ0n) is 11.5. The van der Waals surface area contributed by atoms with Crippen LogP contribution >= 0.6 is 0 Å². The highest BCUT2D eigenvalue weighted by Gasteiger charge is 2.09. The van der Waals surface area contributed by atoms with Gasteiger partial charge in [-0.3, -0.25) is 19.8 Å². The van der Waals surface area contributed by atoms with Gasteiger partial charge in [0.25, 0.3) is 5.91 Å². The molecule has 0 radical (unpaired) electrons. The lowest BCUT2D eigenvalue weighted by atomic mass is 10.4. The van der Waals surface area contributed by atoms with Crippen molar-refractivity contribution in [2.75, 3.05) is 13.6 Å². The summed E-state index contributed by atoms with van der Waals surface area (Å²) in [6.07, 6.45) is 5.26. The van der Waals surface area contributed by atoms with Gasteiger partial charge in [0, 0.05) is 26.0 Å². The van der Waals surface area contributed by atoms with E-state index in [1.165, 1.54) is 0 Å². The number of rotatable bonds is 6. The lowest BCUT2D eigenvalue weighted by Gasteiger charge is -2.15. The third kappa shape index (κ3) is 3.39. The summed E-state index contributed by atoms with van der Waals surface area (Å²) in [6.45, 7) is 2.14. The molecule has 9 heteroatoms. The summed E-state index contributed by atoms with van der Waals surface area (Å²) in [4.78, 5) is 17.6. The van der Waals surface area contributed by atoms with Gasteiger partial charge in [-0.15, -0.1) is 5.10 Å². The van der Waals surface area contributed by atoms with E-state index in [1.54, 1.807) is 17.1 Å². The Hall–Kier alpha value is -2.26. The van der Waals surface area contributed by atoms with Gasteiger partial charge in [0.05, 0.1) is 19.3 Å². The molecule has 0 saturated heterocycles. The number of hydrogen-bond donors (Lipinski definition) is 2. The molecule has 1 amide bonds. The van der Waals surface area contributed by atoms with Crippen LogP contribution in [-0.4, -0.2) is 48.9 Å². The molecule has 2 rings (SSSR count). The van der Waals surface area contributed by atoms with Crippen molar-refractivity contribution in [3.63, 3.8) is 0 Å². The summed E-state index contributed by atoms with van der Waals surface area (Å²) in [5.74, 6) is 5.58. The van der Waals surface area contributed by atoms with Crippen LogP contribution in [0.3, 0.4) is 0 Å². The second kappa shape index (κ2) is 6.26. The van der Waals surface area contributed by atoms with E-state index in [9.17, 15) is 4.79 Å². The average molecular weight is 278 g/mol. The van der Waals surface area contributed by atoms with Crippen molar-refractivity contribution in [1.82, 2.24) is 34.9 Å². The van der Waals surface area contributed by atoms with Gasteiger partial charge in [-0.25, -0.2) is 10.8 Å². The molecule has 2 aromatic rings. The number of carbonyl (C=O) groups excluding carboxylic acids is 1. The minimum absolute atomic E-state index is 0.208. The first-order valence-electron chi connectivity index (χ1n) is 6.16. The molecule has 0 aliphatic heterocycles. The SMILES string of the molecule is CN(CCn1cc(C(=O)NN)nn1)Cc1nccn1C. The number of hydrazine groups is 1. The Kier molecular flexibility index (Phi) is 4.43. The van der Waals surface area contributed by atoms with E-state index in [1.807, 2.05) is 30.3 Å². The minimum Gasteiger partial charge on any atom is -0.337 e. The molecule has 9 nitrogen and oxygen atoms in total. The number of nitrogens with one attached hydrogen (secondary N) is 1. The van der Waals surface area contributed by atoms with Gasteiger partial charge in [0.1, 0.15) is 5.82 Å². The first kappa shape index (κ1) is 14.2. The fourth-order valence-corrected chi connectivity index (χ4v) is 1.73. The summed E-state index contributed by atoms with van der Waals surface area (Å²) in [5.41, 5.74) is 2.23. The topological polar surface area (TPSA) is 107 Å². The Morgan fingerprint density at radius 3 is 3.00 bits per heavy atom. The summed E-state index contributed by atoms with van der Waals surface area (Å²) in [6, 6.07) is 0. The van der Waals surface area contributed by atoms with Crippen LogP contribution in [0.2, 0.25) is 0 Å². The van der Waals surface area contributed by atoms with Gasteiger partial charge in [-0.05, 0) is 7.05 Å². The Morgan fingerprint density at radius 1 is 1.55 bits per heavy atom. The average Bonchev–Trinajstić information content (AvgIpc) is 3.06. The first-order chi connectivity index (χ1) is 9.60. The third-order valence-electron chi connectivity index (χ3n) is 2.95. The number of imidazole rings is 1. The zero-order chi connectivity index (χ0) is 14.5. The molecule has 0 unspecified atom stereocenters. The quantitative estimate of drug-likeness (QED) is 0.388. The lowest BCUT2D eigenvalue weighted by molar-refractivity contribution is 0.0948. The van der Waals surface area contributed by atoms with E-state index in [4.69, 9.17) is 5.84 Å². The standard InChI is InChI=1S/C11H18N8O/c1-17(8-10-13-3-4-18(10)2)5-6-19-7-9(15-16-19)11(20)14-12/h3-4,7H,5-6,8,12H2,1-2H3,(H,14,20). The number of hydrogen-bond acceptors (Lipinski definition) is 6. The van der Waals surface area contributed by atoms with Crippen molar-refractivity contribution in [3.05, 3.63) is 30.1 Å². The summed E-state index contributed by atoms with van der Waals surface area (Å²) >= 11 is 0. The second-order valence-corrected chi connectivity index (χ2v) is 4.53. The summed E-state index contributed by atoms with van der Waals surface area (Å²) in [5, 5.41) is 7.62. The van der Waals surface area contributed by atoms with Gasteiger partial charge in [0.2, 0.25) is 0 Å². The number of aromatic nitrogens is 5. The van der Waals surface area contributed by atoms with Crippen molar-refractivity contribution in [2.45, 2.75) is 13.1 Å². The first-order valence-corrected chi connectivity index (χ1v) is 6.16. The van der Waals surface area contributed by atoms with Crippen LogP contribution < -0.4 is 11.3 Å². The van der Waals surface area contributed by atoms with Gasteiger partial charge in [0.15, 0.2) is 5.69 Å². The van der Waals surface area contributed by atoms with Crippen LogP contribution in [0.4, 0.5) is 0 Å². The monoisotopic (exact) mass is 278 g/mol. The molecule has 0 saturated carbocycles. The fraction of sp³-hybridized carbons (Fsp3) is 0.455. The molecule has 0 aliphatic rings. The van der Waals surface area contributed by atoms with Gasteiger partial charge < -0.3 is 4.57 Å². The maximum absolute atomic E-state index is 11.2. The molecular weight excluding hydrogens is 260 g/mol. The van der Waals surface area contributed by atoms with Gasteiger partial charge in [-0.1, -0.05) is 5.21 Å². The molecule has 20 heavy (non-hydrogen) atoms. The minimum atomic E-state index is -0.447. The fourth-order valence-electron chi connectivity index (χ4n) is 1.73. The van der Waals surface area contributed by atoms with Gasteiger partial charge in [-0.2, -0.15) is 0 Å². The molecule has 0 fully saturated rings. The largest absolute Gasteiger partial charge is 0.337 e. The van der Waals surface area contributed by atoms with E-state index in [0.29, 0.717) is 6.54 Å². The molecule has 0 aliphatic carbocycles. The molecular formula is C11H18N8O. The smallest absolute Gasteiger partial charge is 0.287 e. The number of nitrogens with zero attached hydrogens (tertiary/aromatic N) is 6. The molecule has 0 spiro atoms. The van der Waals surface area contributed by atoms with E-state index in [0.717, 1.165) is 18.9 Å². The Morgan fingerprint density at radius 2 is 2.35 bits per heavy atom. The molecule has 0 aromatic carbocycles.